The minimum Gasteiger partial charge on any atom is -0.451 e. The summed E-state index contributed by atoms with van der Waals surface area (Å²) in [5, 5.41) is 5.18. The molecule has 0 unspecified atom stereocenters. The number of carbonyl (C=O) groups is 5. The fourth-order valence-corrected chi connectivity index (χ4v) is 3.07. The monoisotopic (exact) mass is 417 g/mol. The number of benzene rings is 1. The van der Waals surface area contributed by atoms with Crippen molar-refractivity contribution in [3.8, 4) is 0 Å². The first-order valence-corrected chi connectivity index (χ1v) is 9.83. The number of rotatable bonds is 9. The summed E-state index contributed by atoms with van der Waals surface area (Å²) in [6.07, 6.45) is 0.925. The molecule has 1 saturated heterocycles. The number of carbonyl (C=O) groups excluding carboxylic acids is 5. The van der Waals surface area contributed by atoms with Crippen LogP contribution >= 0.6 is 0 Å². The van der Waals surface area contributed by atoms with E-state index >= 15 is 0 Å². The molecule has 4 amide bonds. The van der Waals surface area contributed by atoms with Gasteiger partial charge in [0.1, 0.15) is 12.1 Å². The number of amides is 4. The van der Waals surface area contributed by atoms with Crippen molar-refractivity contribution in [2.24, 2.45) is 0 Å². The van der Waals surface area contributed by atoms with Crippen LogP contribution in [0.25, 0.3) is 0 Å². The molecule has 1 aliphatic rings. The zero-order chi connectivity index (χ0) is 22.5. The Balaban J connectivity index is 1.93. The van der Waals surface area contributed by atoms with Gasteiger partial charge in [0.25, 0.3) is 11.8 Å². The van der Waals surface area contributed by atoms with E-state index < -0.39 is 42.0 Å². The summed E-state index contributed by atoms with van der Waals surface area (Å²) >= 11 is 0. The predicted octanol–water partition coefficient (Wildman–Crippen LogP) is 2.26. The molecule has 0 spiro atoms. The number of esters is 1. The number of anilines is 1. The smallest absolute Gasteiger partial charge is 0.327 e. The topological polar surface area (TPSA) is 122 Å². The first kappa shape index (κ1) is 23.1. The molecule has 1 heterocycles. The van der Waals surface area contributed by atoms with Gasteiger partial charge in [0, 0.05) is 11.3 Å². The van der Waals surface area contributed by atoms with Crippen LogP contribution in [0.2, 0.25) is 0 Å². The molecule has 1 aliphatic heterocycles. The third-order valence-corrected chi connectivity index (χ3v) is 4.88. The second-order valence-corrected chi connectivity index (χ2v) is 7.52. The second-order valence-electron chi connectivity index (χ2n) is 7.52. The normalized spacial score (nSPS) is 19.3. The van der Waals surface area contributed by atoms with E-state index in [0.717, 1.165) is 17.7 Å². The van der Waals surface area contributed by atoms with Gasteiger partial charge < -0.3 is 15.4 Å². The molecule has 9 heteroatoms. The van der Waals surface area contributed by atoms with Crippen LogP contribution in [0.15, 0.2) is 24.3 Å². The molecule has 9 nitrogen and oxygen atoms in total. The molecule has 2 rings (SSSR count). The molecule has 0 aliphatic carbocycles. The van der Waals surface area contributed by atoms with Crippen LogP contribution in [0.5, 0.6) is 0 Å². The van der Waals surface area contributed by atoms with E-state index in [0.29, 0.717) is 17.7 Å². The number of Topliss-reactive ketones (excluding diaryl/α,β-unsaturated/α-hetero) is 1. The molecule has 2 N–H and O–H groups in total. The average Bonchev–Trinajstić information content (AvgIpc) is 2.89. The Bertz CT molecular complexity index is 868. The van der Waals surface area contributed by atoms with Gasteiger partial charge in [0.2, 0.25) is 0 Å². The Labute approximate surface area is 175 Å². The summed E-state index contributed by atoms with van der Waals surface area (Å²) in [7, 11) is 0. The van der Waals surface area contributed by atoms with E-state index in [1.54, 1.807) is 25.1 Å². The van der Waals surface area contributed by atoms with Gasteiger partial charge in [-0.25, -0.2) is 4.79 Å². The Morgan fingerprint density at radius 2 is 1.97 bits per heavy atom. The summed E-state index contributed by atoms with van der Waals surface area (Å²) in [4.78, 5) is 61.4. The van der Waals surface area contributed by atoms with E-state index in [4.69, 9.17) is 4.74 Å². The van der Waals surface area contributed by atoms with E-state index in [1.807, 2.05) is 6.92 Å². The fraction of sp³-hybridized carbons (Fsp3) is 0.476. The van der Waals surface area contributed by atoms with Crippen molar-refractivity contribution in [1.82, 2.24) is 10.2 Å². The standard InChI is InChI=1S/C21H27N3O6/c1-5-6-10-21(4)19(28)24(20(29)23-21)12-17(26)30-14(3)18(27)22-16-9-7-8-15(11-16)13(2)25/h7-9,11,14H,5-6,10,12H2,1-4H3,(H,22,27)(H,23,29)/t14-,21-/m0/s1. The molecular weight excluding hydrogens is 390 g/mol. The lowest BCUT2D eigenvalue weighted by Crippen LogP contribution is -2.44. The maximum absolute atomic E-state index is 12.6. The highest BCUT2D eigenvalue weighted by molar-refractivity contribution is 6.08. The van der Waals surface area contributed by atoms with Gasteiger partial charge in [0.05, 0.1) is 0 Å². The average molecular weight is 417 g/mol. The van der Waals surface area contributed by atoms with Crippen molar-refractivity contribution in [3.05, 3.63) is 29.8 Å². The zero-order valence-electron chi connectivity index (χ0n) is 17.6. The number of hydrogen-bond donors (Lipinski definition) is 2. The van der Waals surface area contributed by atoms with Crippen molar-refractivity contribution >= 4 is 35.3 Å². The van der Waals surface area contributed by atoms with Crippen LogP contribution in [0.1, 0.15) is 57.3 Å². The van der Waals surface area contributed by atoms with Crippen LogP contribution in [0.4, 0.5) is 10.5 Å². The number of nitrogens with zero attached hydrogens (tertiary/aromatic N) is 1. The Kier molecular flexibility index (Phi) is 7.31. The van der Waals surface area contributed by atoms with E-state index in [1.165, 1.54) is 19.9 Å². The molecule has 162 valence electrons. The lowest BCUT2D eigenvalue weighted by Gasteiger charge is -2.21. The maximum atomic E-state index is 12.6. The van der Waals surface area contributed by atoms with Crippen molar-refractivity contribution in [2.75, 3.05) is 11.9 Å². The summed E-state index contributed by atoms with van der Waals surface area (Å²) in [5.74, 6) is -2.12. The summed E-state index contributed by atoms with van der Waals surface area (Å²) in [6.45, 7) is 5.81. The van der Waals surface area contributed by atoms with Crippen LogP contribution in [0, 0.1) is 0 Å². The van der Waals surface area contributed by atoms with Gasteiger partial charge in [-0.05, 0) is 39.3 Å². The molecule has 0 bridgehead atoms. The highest BCUT2D eigenvalue weighted by Crippen LogP contribution is 2.23. The third-order valence-electron chi connectivity index (χ3n) is 4.88. The Hall–Kier alpha value is -3.23. The molecule has 1 fully saturated rings. The van der Waals surface area contributed by atoms with Crippen LogP contribution < -0.4 is 10.6 Å². The highest BCUT2D eigenvalue weighted by atomic mass is 16.5. The van der Waals surface area contributed by atoms with Gasteiger partial charge in [-0.1, -0.05) is 31.9 Å². The summed E-state index contributed by atoms with van der Waals surface area (Å²) in [5.41, 5.74) is -0.225. The van der Waals surface area contributed by atoms with E-state index in [9.17, 15) is 24.0 Å². The fourth-order valence-electron chi connectivity index (χ4n) is 3.07. The van der Waals surface area contributed by atoms with Crippen molar-refractivity contribution in [1.29, 1.82) is 0 Å². The van der Waals surface area contributed by atoms with E-state index in [-0.39, 0.29) is 5.78 Å². The number of urea groups is 1. The Morgan fingerprint density at radius 1 is 1.27 bits per heavy atom. The van der Waals surface area contributed by atoms with Gasteiger partial charge in [-0.2, -0.15) is 0 Å². The number of ketones is 1. The summed E-state index contributed by atoms with van der Waals surface area (Å²) in [6, 6.07) is 5.69. The van der Waals surface area contributed by atoms with Gasteiger partial charge in [-0.3, -0.25) is 24.1 Å². The number of hydrogen-bond acceptors (Lipinski definition) is 6. The zero-order valence-corrected chi connectivity index (χ0v) is 17.6. The second kappa shape index (κ2) is 9.51. The van der Waals surface area contributed by atoms with E-state index in [2.05, 4.69) is 10.6 Å². The molecule has 0 aromatic heterocycles. The predicted molar refractivity (Wildman–Crippen MR) is 109 cm³/mol. The van der Waals surface area contributed by atoms with Crippen LogP contribution in [-0.4, -0.2) is 52.7 Å². The first-order valence-electron chi connectivity index (χ1n) is 9.83. The molecule has 0 saturated carbocycles. The van der Waals surface area contributed by atoms with Crippen LogP contribution in [0.3, 0.4) is 0 Å². The van der Waals surface area contributed by atoms with Gasteiger partial charge in [-0.15, -0.1) is 0 Å². The van der Waals surface area contributed by atoms with Gasteiger partial charge in [0.15, 0.2) is 11.9 Å². The minimum absolute atomic E-state index is 0.148. The molecule has 30 heavy (non-hydrogen) atoms. The van der Waals surface area contributed by atoms with Gasteiger partial charge >= 0.3 is 12.0 Å². The number of imide groups is 1. The highest BCUT2D eigenvalue weighted by Gasteiger charge is 2.48. The Morgan fingerprint density at radius 3 is 2.60 bits per heavy atom. The summed E-state index contributed by atoms with van der Waals surface area (Å²) < 4.78 is 5.08. The third kappa shape index (κ3) is 5.43. The molecule has 1 aromatic carbocycles. The number of unbranched alkanes of at least 4 members (excludes halogenated alkanes) is 1. The minimum atomic E-state index is -1.16. The van der Waals surface area contributed by atoms with Crippen molar-refractivity contribution in [2.45, 2.75) is 58.6 Å². The molecule has 0 radical (unpaired) electrons. The maximum Gasteiger partial charge on any atom is 0.327 e. The molecule has 1 aromatic rings. The first-order chi connectivity index (χ1) is 14.1. The van der Waals surface area contributed by atoms with Crippen molar-refractivity contribution < 1.29 is 28.7 Å². The number of ether oxygens (including phenoxy) is 1. The number of nitrogens with one attached hydrogen (secondary N) is 2. The van der Waals surface area contributed by atoms with Crippen molar-refractivity contribution in [3.63, 3.8) is 0 Å². The lowest BCUT2D eigenvalue weighted by molar-refractivity contribution is -0.155. The lowest BCUT2D eigenvalue weighted by atomic mass is 9.95. The largest absolute Gasteiger partial charge is 0.451 e. The van der Waals surface area contributed by atoms with Crippen LogP contribution in [-0.2, 0) is 19.1 Å². The SMILES string of the molecule is CCCC[C@]1(C)NC(=O)N(CC(=O)O[C@@H](C)C(=O)Nc2cccc(C(C)=O)c2)C1=O. The molecule has 2 atom stereocenters. The molecular formula is C21H27N3O6. The quantitative estimate of drug-likeness (QED) is 0.361.